The van der Waals surface area contributed by atoms with E-state index >= 15 is 0 Å². The second kappa shape index (κ2) is 6.77. The maximum atomic E-state index is 13.3. The third-order valence-corrected chi connectivity index (χ3v) is 5.90. The molecule has 1 unspecified atom stereocenters. The summed E-state index contributed by atoms with van der Waals surface area (Å²) in [7, 11) is -4.22. The van der Waals surface area contributed by atoms with E-state index in [0.717, 1.165) is 11.1 Å². The minimum absolute atomic E-state index is 0.267. The summed E-state index contributed by atoms with van der Waals surface area (Å²) in [5.41, 5.74) is 2.80. The highest BCUT2D eigenvalue weighted by atomic mass is 32.2. The van der Waals surface area contributed by atoms with Gasteiger partial charge in [-0.15, -0.1) is 0 Å². The van der Waals surface area contributed by atoms with Gasteiger partial charge in [0, 0.05) is 18.3 Å². The van der Waals surface area contributed by atoms with Gasteiger partial charge in [0.05, 0.1) is 4.90 Å². The first-order valence-electron chi connectivity index (χ1n) is 8.04. The maximum Gasteiger partial charge on any atom is 0.245 e. The van der Waals surface area contributed by atoms with Crippen LogP contribution in [0.5, 0.6) is 0 Å². The van der Waals surface area contributed by atoms with Crippen molar-refractivity contribution in [3.8, 4) is 0 Å². The van der Waals surface area contributed by atoms with Crippen molar-refractivity contribution in [2.45, 2.75) is 31.2 Å². The van der Waals surface area contributed by atoms with E-state index in [2.05, 4.69) is 4.72 Å². The molecule has 0 spiro atoms. The molecule has 26 heavy (non-hydrogen) atoms. The van der Waals surface area contributed by atoms with Gasteiger partial charge in [0.2, 0.25) is 15.9 Å². The summed E-state index contributed by atoms with van der Waals surface area (Å²) >= 11 is 0. The fourth-order valence-corrected chi connectivity index (χ4v) is 4.14. The lowest BCUT2D eigenvalue weighted by Gasteiger charge is -2.18. The zero-order chi connectivity index (χ0) is 19.1. The van der Waals surface area contributed by atoms with Crippen LogP contribution in [0.2, 0.25) is 0 Å². The molecule has 1 aliphatic rings. The molecule has 138 valence electrons. The van der Waals surface area contributed by atoms with Crippen molar-refractivity contribution in [3.63, 3.8) is 0 Å². The number of nitrogens with one attached hydrogen (secondary N) is 1. The van der Waals surface area contributed by atoms with Gasteiger partial charge in [-0.05, 0) is 55.7 Å². The van der Waals surface area contributed by atoms with Crippen LogP contribution in [0.1, 0.15) is 17.5 Å². The van der Waals surface area contributed by atoms with E-state index in [1.807, 2.05) is 26.0 Å². The fourth-order valence-electron chi connectivity index (χ4n) is 2.88. The molecule has 1 fully saturated rings. The summed E-state index contributed by atoms with van der Waals surface area (Å²) in [5, 5.41) is 0. The zero-order valence-corrected chi connectivity index (χ0v) is 15.1. The Bertz CT molecular complexity index is 956. The summed E-state index contributed by atoms with van der Waals surface area (Å²) in [5.74, 6) is -2.39. The molecule has 1 saturated heterocycles. The Labute approximate surface area is 150 Å². The molecule has 0 radical (unpaired) electrons. The van der Waals surface area contributed by atoms with E-state index in [0.29, 0.717) is 30.4 Å². The molecule has 0 aromatic heterocycles. The summed E-state index contributed by atoms with van der Waals surface area (Å²) in [6, 6.07) is 6.60. The average molecular weight is 380 g/mol. The number of hydrogen-bond acceptors (Lipinski definition) is 3. The van der Waals surface area contributed by atoms with Crippen LogP contribution in [0.4, 0.5) is 14.5 Å². The first-order valence-corrected chi connectivity index (χ1v) is 9.53. The Kier molecular flexibility index (Phi) is 4.81. The third-order valence-electron chi connectivity index (χ3n) is 4.45. The molecule has 0 saturated carbocycles. The number of rotatable bonds is 4. The van der Waals surface area contributed by atoms with Crippen LogP contribution in [0.15, 0.2) is 41.3 Å². The van der Waals surface area contributed by atoms with Crippen LogP contribution >= 0.6 is 0 Å². The average Bonchev–Trinajstić information content (AvgIpc) is 2.89. The topological polar surface area (TPSA) is 66.5 Å². The van der Waals surface area contributed by atoms with E-state index in [1.165, 1.54) is 4.90 Å². The van der Waals surface area contributed by atoms with E-state index in [-0.39, 0.29) is 6.42 Å². The van der Waals surface area contributed by atoms with Crippen LogP contribution < -0.4 is 9.62 Å². The van der Waals surface area contributed by atoms with Crippen molar-refractivity contribution in [2.75, 3.05) is 11.4 Å². The lowest BCUT2D eigenvalue weighted by molar-refractivity contribution is -0.118. The van der Waals surface area contributed by atoms with Crippen LogP contribution in [0.25, 0.3) is 0 Å². The van der Waals surface area contributed by atoms with Gasteiger partial charge < -0.3 is 4.90 Å². The molecular formula is C18H18F2N2O3S. The van der Waals surface area contributed by atoms with Crippen molar-refractivity contribution in [3.05, 3.63) is 59.2 Å². The molecule has 1 amide bonds. The molecule has 2 aromatic carbocycles. The quantitative estimate of drug-likeness (QED) is 0.887. The van der Waals surface area contributed by atoms with Crippen molar-refractivity contribution in [2.24, 2.45) is 0 Å². The Morgan fingerprint density at radius 3 is 2.31 bits per heavy atom. The second-order valence-corrected chi connectivity index (χ2v) is 8.04. The lowest BCUT2D eigenvalue weighted by atomic mass is 10.1. The number of sulfonamides is 1. The predicted molar refractivity (Wildman–Crippen MR) is 93.4 cm³/mol. The van der Waals surface area contributed by atoms with Crippen LogP contribution in [-0.4, -0.2) is 26.9 Å². The van der Waals surface area contributed by atoms with Crippen LogP contribution in [-0.2, 0) is 14.8 Å². The highest BCUT2D eigenvalue weighted by Crippen LogP contribution is 2.25. The standard InChI is InChI=1S/C18H18F2N2O3S/c1-11-3-4-15(7-12(11)2)22-6-5-17(18(22)23)21-26(24,25)16-9-13(19)8-14(20)10-16/h3-4,7-10,17,21H,5-6H2,1-2H3. The van der Waals surface area contributed by atoms with Crippen LogP contribution in [0.3, 0.4) is 0 Å². The number of aryl methyl sites for hydroxylation is 2. The molecule has 3 rings (SSSR count). The van der Waals surface area contributed by atoms with Gasteiger partial charge in [-0.1, -0.05) is 6.07 Å². The number of halogens is 2. The summed E-state index contributed by atoms with van der Waals surface area (Å²) in [4.78, 5) is 13.6. The monoisotopic (exact) mass is 380 g/mol. The molecule has 2 aromatic rings. The molecule has 1 aliphatic heterocycles. The number of anilines is 1. The third kappa shape index (κ3) is 3.61. The van der Waals surface area contributed by atoms with E-state index < -0.39 is 38.5 Å². The second-order valence-electron chi connectivity index (χ2n) is 6.33. The van der Waals surface area contributed by atoms with Crippen molar-refractivity contribution in [1.29, 1.82) is 0 Å². The summed E-state index contributed by atoms with van der Waals surface area (Å²) in [6.45, 7) is 4.24. The molecule has 8 heteroatoms. The molecular weight excluding hydrogens is 362 g/mol. The van der Waals surface area contributed by atoms with Crippen molar-refractivity contribution in [1.82, 2.24) is 4.72 Å². The number of hydrogen-bond donors (Lipinski definition) is 1. The number of carbonyl (C=O) groups excluding carboxylic acids is 1. The highest BCUT2D eigenvalue weighted by Gasteiger charge is 2.36. The first kappa shape index (κ1) is 18.5. The van der Waals surface area contributed by atoms with Gasteiger partial charge in [0.15, 0.2) is 0 Å². The fraction of sp³-hybridized carbons (Fsp3) is 0.278. The highest BCUT2D eigenvalue weighted by molar-refractivity contribution is 7.89. The van der Waals surface area contributed by atoms with E-state index in [9.17, 15) is 22.0 Å². The van der Waals surface area contributed by atoms with Gasteiger partial charge in [0.25, 0.3) is 0 Å². The Morgan fingerprint density at radius 2 is 1.69 bits per heavy atom. The Balaban J connectivity index is 1.81. The SMILES string of the molecule is Cc1ccc(N2CCC(NS(=O)(=O)c3cc(F)cc(F)c3)C2=O)cc1C. The normalized spacial score (nSPS) is 17.8. The first-order chi connectivity index (χ1) is 12.2. The van der Waals surface area contributed by atoms with Crippen molar-refractivity contribution >= 4 is 21.6 Å². The zero-order valence-electron chi connectivity index (χ0n) is 14.3. The maximum absolute atomic E-state index is 13.3. The Hall–Kier alpha value is -2.32. The van der Waals surface area contributed by atoms with Crippen LogP contribution in [0, 0.1) is 25.5 Å². The molecule has 0 aliphatic carbocycles. The predicted octanol–water partition coefficient (Wildman–Crippen LogP) is 2.67. The number of carbonyl (C=O) groups is 1. The minimum atomic E-state index is -4.22. The van der Waals surface area contributed by atoms with Gasteiger partial charge in [0.1, 0.15) is 17.7 Å². The molecule has 5 nitrogen and oxygen atoms in total. The number of benzene rings is 2. The van der Waals surface area contributed by atoms with Gasteiger partial charge in [-0.3, -0.25) is 4.79 Å². The van der Waals surface area contributed by atoms with E-state index in [4.69, 9.17) is 0 Å². The molecule has 1 atom stereocenters. The largest absolute Gasteiger partial charge is 0.311 e. The smallest absolute Gasteiger partial charge is 0.245 e. The molecule has 0 bridgehead atoms. The Morgan fingerprint density at radius 1 is 1.04 bits per heavy atom. The van der Waals surface area contributed by atoms with Gasteiger partial charge >= 0.3 is 0 Å². The molecule has 1 heterocycles. The molecule has 1 N–H and O–H groups in total. The number of nitrogens with zero attached hydrogens (tertiary/aromatic N) is 1. The lowest BCUT2D eigenvalue weighted by Crippen LogP contribution is -2.41. The summed E-state index contributed by atoms with van der Waals surface area (Å²) < 4.78 is 53.6. The number of amides is 1. The van der Waals surface area contributed by atoms with Crippen molar-refractivity contribution < 1.29 is 22.0 Å². The minimum Gasteiger partial charge on any atom is -0.311 e. The summed E-state index contributed by atoms with van der Waals surface area (Å²) in [6.07, 6.45) is 0.267. The van der Waals surface area contributed by atoms with Gasteiger partial charge in [-0.25, -0.2) is 17.2 Å². The van der Waals surface area contributed by atoms with E-state index in [1.54, 1.807) is 6.07 Å². The van der Waals surface area contributed by atoms with Gasteiger partial charge in [-0.2, -0.15) is 4.72 Å².